The quantitative estimate of drug-likeness (QED) is 0.752. The number of hydrogen-bond donors (Lipinski definition) is 2. The molecule has 0 atom stereocenters. The van der Waals surface area contributed by atoms with Crippen LogP contribution in [0.1, 0.15) is 24.8 Å². The van der Waals surface area contributed by atoms with Crippen molar-refractivity contribution in [3.63, 3.8) is 0 Å². The van der Waals surface area contributed by atoms with Gasteiger partial charge < -0.3 is 10.2 Å². The van der Waals surface area contributed by atoms with Crippen LogP contribution in [0.4, 0.5) is 5.69 Å². The molecule has 21 heavy (non-hydrogen) atoms. The zero-order valence-corrected chi connectivity index (χ0v) is 13.7. The van der Waals surface area contributed by atoms with Crippen molar-refractivity contribution in [2.45, 2.75) is 30.6 Å². The minimum Gasteiger partial charge on any atom is -0.385 e. The number of unbranched alkanes of at least 4 members (excludes halogenated alkanes) is 1. The Balaban J connectivity index is 1.93. The fourth-order valence-corrected chi connectivity index (χ4v) is 3.55. The Morgan fingerprint density at radius 2 is 2.10 bits per heavy atom. The van der Waals surface area contributed by atoms with Crippen molar-refractivity contribution < 1.29 is 8.42 Å². The molecule has 0 saturated heterocycles. The average Bonchev–Trinajstić information content (AvgIpc) is 2.46. The summed E-state index contributed by atoms with van der Waals surface area (Å²) < 4.78 is 27.2. The maximum atomic E-state index is 12.3. The number of anilines is 1. The van der Waals surface area contributed by atoms with E-state index in [9.17, 15) is 8.42 Å². The maximum Gasteiger partial charge on any atom is 0.240 e. The summed E-state index contributed by atoms with van der Waals surface area (Å²) in [4.78, 5) is 2.45. The molecule has 1 heterocycles. The predicted molar refractivity (Wildman–Crippen MR) is 86.2 cm³/mol. The van der Waals surface area contributed by atoms with E-state index in [1.165, 1.54) is 5.56 Å². The number of hydrogen-bond acceptors (Lipinski definition) is 4. The van der Waals surface area contributed by atoms with Crippen LogP contribution in [0.3, 0.4) is 0 Å². The van der Waals surface area contributed by atoms with Crippen LogP contribution in [-0.2, 0) is 16.4 Å². The van der Waals surface area contributed by atoms with Gasteiger partial charge in [0.05, 0.1) is 4.90 Å². The van der Waals surface area contributed by atoms with Crippen LogP contribution in [0.25, 0.3) is 0 Å². The second kappa shape index (κ2) is 7.24. The summed E-state index contributed by atoms with van der Waals surface area (Å²) in [5.41, 5.74) is 2.16. The Kier molecular flexibility index (Phi) is 5.61. The largest absolute Gasteiger partial charge is 0.385 e. The highest BCUT2D eigenvalue weighted by Gasteiger charge is 2.16. The van der Waals surface area contributed by atoms with E-state index < -0.39 is 10.0 Å². The lowest BCUT2D eigenvalue weighted by Crippen LogP contribution is -2.26. The van der Waals surface area contributed by atoms with Gasteiger partial charge in [0.2, 0.25) is 10.0 Å². The molecule has 1 aromatic rings. The van der Waals surface area contributed by atoms with Crippen LogP contribution >= 0.6 is 0 Å². The van der Waals surface area contributed by atoms with E-state index >= 15 is 0 Å². The highest BCUT2D eigenvalue weighted by Crippen LogP contribution is 2.25. The normalized spacial score (nSPS) is 14.8. The second-order valence-electron chi connectivity index (χ2n) is 5.76. The first kappa shape index (κ1) is 16.3. The third-order valence-electron chi connectivity index (χ3n) is 3.65. The molecule has 1 aliphatic rings. The Hall–Kier alpha value is -1.11. The molecule has 0 amide bonds. The monoisotopic (exact) mass is 311 g/mol. The van der Waals surface area contributed by atoms with Crippen molar-refractivity contribution in [2.24, 2.45) is 0 Å². The highest BCUT2D eigenvalue weighted by atomic mass is 32.2. The van der Waals surface area contributed by atoms with Gasteiger partial charge in [0.25, 0.3) is 0 Å². The Morgan fingerprint density at radius 3 is 2.86 bits per heavy atom. The molecule has 0 saturated carbocycles. The molecule has 0 aromatic heterocycles. The lowest BCUT2D eigenvalue weighted by atomic mass is 10.0. The Bertz CT molecular complexity index is 570. The molecule has 1 aliphatic heterocycles. The predicted octanol–water partition coefficient (Wildman–Crippen LogP) is 1.66. The minimum absolute atomic E-state index is 0.350. The molecule has 2 rings (SSSR count). The zero-order valence-electron chi connectivity index (χ0n) is 12.9. The van der Waals surface area contributed by atoms with Gasteiger partial charge in [-0.25, -0.2) is 13.1 Å². The van der Waals surface area contributed by atoms with E-state index in [2.05, 4.69) is 14.9 Å². The van der Waals surface area contributed by atoms with E-state index in [1.807, 2.05) is 20.2 Å². The van der Waals surface area contributed by atoms with Crippen LogP contribution in [0.15, 0.2) is 23.1 Å². The van der Waals surface area contributed by atoms with Crippen molar-refractivity contribution in [1.82, 2.24) is 9.62 Å². The van der Waals surface area contributed by atoms with E-state index in [-0.39, 0.29) is 0 Å². The number of aryl methyl sites for hydroxylation is 1. The van der Waals surface area contributed by atoms with E-state index in [4.69, 9.17) is 0 Å². The Morgan fingerprint density at radius 1 is 1.29 bits per heavy atom. The third kappa shape index (κ3) is 4.69. The number of nitrogens with zero attached hydrogens (tertiary/aromatic N) is 1. The number of sulfonamides is 1. The van der Waals surface area contributed by atoms with Gasteiger partial charge in [-0.05, 0) is 64.0 Å². The van der Waals surface area contributed by atoms with Crippen molar-refractivity contribution in [3.8, 4) is 0 Å². The van der Waals surface area contributed by atoms with Gasteiger partial charge in [-0.1, -0.05) is 6.07 Å². The molecule has 0 bridgehead atoms. The smallest absolute Gasteiger partial charge is 0.240 e. The minimum atomic E-state index is -3.40. The first-order valence-electron chi connectivity index (χ1n) is 7.50. The topological polar surface area (TPSA) is 61.4 Å². The van der Waals surface area contributed by atoms with E-state index in [0.29, 0.717) is 11.4 Å². The molecule has 0 aliphatic carbocycles. The SMILES string of the molecule is CN(C)CCCCNS(=O)(=O)c1ccc2c(c1)NCCC2. The number of nitrogens with one attached hydrogen (secondary N) is 2. The van der Waals surface area contributed by atoms with Crippen LogP contribution in [0.5, 0.6) is 0 Å². The summed E-state index contributed by atoms with van der Waals surface area (Å²) >= 11 is 0. The summed E-state index contributed by atoms with van der Waals surface area (Å²) in [6, 6.07) is 5.37. The van der Waals surface area contributed by atoms with E-state index in [0.717, 1.165) is 44.5 Å². The van der Waals surface area contributed by atoms with Gasteiger partial charge in [0.15, 0.2) is 0 Å². The molecule has 6 heteroatoms. The fourth-order valence-electron chi connectivity index (χ4n) is 2.45. The number of rotatable bonds is 7. The van der Waals surface area contributed by atoms with Crippen molar-refractivity contribution in [2.75, 3.05) is 39.0 Å². The molecule has 0 fully saturated rings. The first-order valence-corrected chi connectivity index (χ1v) is 8.98. The second-order valence-corrected chi connectivity index (χ2v) is 7.52. The van der Waals surface area contributed by atoms with Gasteiger partial charge >= 0.3 is 0 Å². The standard InChI is InChI=1S/C15H25N3O2S/c1-18(2)11-4-3-10-17-21(19,20)14-8-7-13-6-5-9-16-15(13)12-14/h7-8,12,16-17H,3-6,9-11H2,1-2H3. The van der Waals surface area contributed by atoms with Crippen LogP contribution in [-0.4, -0.2) is 47.0 Å². The number of fused-ring (bicyclic) bond motifs is 1. The summed E-state index contributed by atoms with van der Waals surface area (Å²) in [5.74, 6) is 0. The molecule has 118 valence electrons. The molecular weight excluding hydrogens is 286 g/mol. The van der Waals surface area contributed by atoms with Gasteiger partial charge in [-0.3, -0.25) is 0 Å². The zero-order chi connectivity index (χ0) is 15.3. The molecule has 0 radical (unpaired) electrons. The van der Waals surface area contributed by atoms with Crippen molar-refractivity contribution >= 4 is 15.7 Å². The molecule has 1 aromatic carbocycles. The maximum absolute atomic E-state index is 12.3. The summed E-state index contributed by atoms with van der Waals surface area (Å²) in [5, 5.41) is 3.27. The molecule has 0 spiro atoms. The summed E-state index contributed by atoms with van der Waals surface area (Å²) in [6.45, 7) is 2.37. The molecule has 5 nitrogen and oxygen atoms in total. The lowest BCUT2D eigenvalue weighted by molar-refractivity contribution is 0.394. The van der Waals surface area contributed by atoms with Crippen LogP contribution in [0.2, 0.25) is 0 Å². The van der Waals surface area contributed by atoms with Gasteiger partial charge in [-0.15, -0.1) is 0 Å². The number of benzene rings is 1. The first-order chi connectivity index (χ1) is 9.99. The summed E-state index contributed by atoms with van der Waals surface area (Å²) in [6.07, 6.45) is 3.95. The molecule has 0 unspecified atom stereocenters. The van der Waals surface area contributed by atoms with Gasteiger partial charge in [-0.2, -0.15) is 0 Å². The third-order valence-corrected chi connectivity index (χ3v) is 5.11. The molecular formula is C15H25N3O2S. The van der Waals surface area contributed by atoms with Crippen molar-refractivity contribution in [3.05, 3.63) is 23.8 Å². The lowest BCUT2D eigenvalue weighted by Gasteiger charge is -2.18. The highest BCUT2D eigenvalue weighted by molar-refractivity contribution is 7.89. The molecule has 2 N–H and O–H groups in total. The van der Waals surface area contributed by atoms with Crippen molar-refractivity contribution in [1.29, 1.82) is 0 Å². The fraction of sp³-hybridized carbons (Fsp3) is 0.600. The van der Waals surface area contributed by atoms with Crippen LogP contribution in [0, 0.1) is 0 Å². The summed E-state index contributed by atoms with van der Waals surface area (Å²) in [7, 11) is 0.638. The van der Waals surface area contributed by atoms with Gasteiger partial charge in [0, 0.05) is 18.8 Å². The average molecular weight is 311 g/mol. The van der Waals surface area contributed by atoms with Crippen LogP contribution < -0.4 is 10.0 Å². The van der Waals surface area contributed by atoms with Gasteiger partial charge in [0.1, 0.15) is 0 Å². The van der Waals surface area contributed by atoms with E-state index in [1.54, 1.807) is 12.1 Å². The Labute approximate surface area is 127 Å².